The van der Waals surface area contributed by atoms with Crippen molar-refractivity contribution in [1.82, 2.24) is 9.62 Å². The number of hydrogen-bond donors (Lipinski definition) is 1. The van der Waals surface area contributed by atoms with Crippen molar-refractivity contribution in [3.63, 3.8) is 0 Å². The van der Waals surface area contributed by atoms with Crippen molar-refractivity contribution in [1.29, 1.82) is 0 Å². The summed E-state index contributed by atoms with van der Waals surface area (Å²) in [5.74, 6) is -0.343. The van der Waals surface area contributed by atoms with E-state index in [0.29, 0.717) is 17.0 Å². The Kier molecular flexibility index (Phi) is 7.63. The van der Waals surface area contributed by atoms with Gasteiger partial charge in [0.05, 0.1) is 18.8 Å². The maximum Gasteiger partial charge on any atom is 0.235 e. The number of halogens is 1. The van der Waals surface area contributed by atoms with Crippen molar-refractivity contribution in [2.24, 2.45) is 0 Å². The summed E-state index contributed by atoms with van der Waals surface area (Å²) in [6.45, 7) is 5.81. The summed E-state index contributed by atoms with van der Waals surface area (Å²) in [5, 5.41) is 3.44. The monoisotopic (exact) mass is 422 g/mol. The quantitative estimate of drug-likeness (QED) is 0.699. The molecule has 0 aromatic heterocycles. The summed E-state index contributed by atoms with van der Waals surface area (Å²) in [5.41, 5.74) is 3.95. The molecule has 0 saturated heterocycles. The molecule has 1 amide bonds. The van der Waals surface area contributed by atoms with E-state index in [0.717, 1.165) is 27.3 Å². The van der Waals surface area contributed by atoms with E-state index in [-0.39, 0.29) is 25.0 Å². The third-order valence-corrected chi connectivity index (χ3v) is 6.20. The molecule has 1 N–H and O–H groups in total. The normalized spacial score (nSPS) is 12.8. The number of nitrogens with zero attached hydrogens (tertiary/aromatic N) is 1. The number of aryl methyl sites for hydroxylation is 2. The van der Waals surface area contributed by atoms with Crippen molar-refractivity contribution >= 4 is 27.5 Å². The Morgan fingerprint density at radius 2 is 1.86 bits per heavy atom. The summed E-state index contributed by atoms with van der Waals surface area (Å²) in [6.07, 6.45) is 1.80. The average molecular weight is 423 g/mol. The van der Waals surface area contributed by atoms with Crippen LogP contribution in [-0.4, -0.2) is 31.4 Å². The summed E-state index contributed by atoms with van der Waals surface area (Å²) < 4.78 is 25.5. The lowest BCUT2D eigenvalue weighted by Crippen LogP contribution is -2.41. The highest BCUT2D eigenvalue weighted by Crippen LogP contribution is 2.22. The van der Waals surface area contributed by atoms with Crippen molar-refractivity contribution in [2.45, 2.75) is 39.8 Å². The second kappa shape index (κ2) is 9.54. The third kappa shape index (κ3) is 6.06. The summed E-state index contributed by atoms with van der Waals surface area (Å²) in [4.78, 5) is 12.6. The fraction of sp³-hybridized carbons (Fsp3) is 0.381. The van der Waals surface area contributed by atoms with Gasteiger partial charge in [0.25, 0.3) is 0 Å². The lowest BCUT2D eigenvalue weighted by Gasteiger charge is -2.24. The van der Waals surface area contributed by atoms with E-state index in [4.69, 9.17) is 11.6 Å². The van der Waals surface area contributed by atoms with Crippen LogP contribution < -0.4 is 5.32 Å². The van der Waals surface area contributed by atoms with Crippen LogP contribution in [-0.2, 0) is 21.4 Å². The number of benzene rings is 2. The molecule has 1 unspecified atom stereocenters. The Hall–Kier alpha value is -1.89. The molecule has 0 aliphatic rings. The highest BCUT2D eigenvalue weighted by atomic mass is 35.5. The van der Waals surface area contributed by atoms with Crippen LogP contribution in [0.25, 0.3) is 0 Å². The van der Waals surface area contributed by atoms with Crippen molar-refractivity contribution in [3.8, 4) is 0 Å². The van der Waals surface area contributed by atoms with Gasteiger partial charge in [-0.15, -0.1) is 0 Å². The maximum atomic E-state index is 12.6. The van der Waals surface area contributed by atoms with Gasteiger partial charge in [0.1, 0.15) is 0 Å². The zero-order valence-electron chi connectivity index (χ0n) is 16.7. The van der Waals surface area contributed by atoms with Gasteiger partial charge < -0.3 is 5.32 Å². The fourth-order valence-corrected chi connectivity index (χ4v) is 4.04. The lowest BCUT2D eigenvalue weighted by atomic mass is 9.97. The van der Waals surface area contributed by atoms with E-state index in [1.807, 2.05) is 32.9 Å². The molecular formula is C21H27ClN2O3S. The molecule has 0 saturated carbocycles. The minimum Gasteiger partial charge on any atom is -0.348 e. The van der Waals surface area contributed by atoms with E-state index < -0.39 is 10.0 Å². The highest BCUT2D eigenvalue weighted by molar-refractivity contribution is 7.88. The first-order valence-electron chi connectivity index (χ1n) is 9.16. The Morgan fingerprint density at radius 1 is 1.18 bits per heavy atom. The van der Waals surface area contributed by atoms with Crippen LogP contribution in [0.4, 0.5) is 0 Å². The first-order chi connectivity index (χ1) is 13.1. The fourth-order valence-electron chi connectivity index (χ4n) is 3.12. The van der Waals surface area contributed by atoms with Gasteiger partial charge in [0, 0.05) is 11.6 Å². The molecule has 0 aliphatic carbocycles. The molecule has 0 heterocycles. The first-order valence-corrected chi connectivity index (χ1v) is 11.4. The van der Waals surface area contributed by atoms with Crippen LogP contribution in [0, 0.1) is 13.8 Å². The molecule has 0 spiro atoms. The Bertz CT molecular complexity index is 944. The van der Waals surface area contributed by atoms with Crippen molar-refractivity contribution in [2.75, 3.05) is 12.8 Å². The standard InChI is InChI=1S/C21H27ClN2O3S/c1-5-20(18-11-10-15(2)12-16(18)3)23-21(25)14-24(28(4,26)27)13-17-8-6-7-9-19(17)22/h6-12,20H,5,13-14H2,1-4H3,(H,23,25). The zero-order chi connectivity index (χ0) is 20.9. The minimum absolute atomic E-state index is 0.0479. The van der Waals surface area contributed by atoms with Crippen LogP contribution in [0.5, 0.6) is 0 Å². The Morgan fingerprint density at radius 3 is 2.43 bits per heavy atom. The van der Waals surface area contributed by atoms with E-state index in [1.54, 1.807) is 24.3 Å². The van der Waals surface area contributed by atoms with Gasteiger partial charge >= 0.3 is 0 Å². The molecule has 5 nitrogen and oxygen atoms in total. The summed E-state index contributed by atoms with van der Waals surface area (Å²) in [7, 11) is -3.58. The Labute approximate surface area is 172 Å². The molecule has 2 aromatic rings. The molecule has 28 heavy (non-hydrogen) atoms. The number of amides is 1. The van der Waals surface area contributed by atoms with Crippen LogP contribution in [0.15, 0.2) is 42.5 Å². The van der Waals surface area contributed by atoms with E-state index in [1.165, 1.54) is 0 Å². The highest BCUT2D eigenvalue weighted by Gasteiger charge is 2.23. The summed E-state index contributed by atoms with van der Waals surface area (Å²) in [6, 6.07) is 12.9. The molecule has 0 fully saturated rings. The number of carbonyl (C=O) groups is 1. The molecule has 2 rings (SSSR count). The number of rotatable bonds is 8. The first kappa shape index (κ1) is 22.4. The van der Waals surface area contributed by atoms with Gasteiger partial charge in [-0.2, -0.15) is 4.31 Å². The maximum absolute atomic E-state index is 12.6. The van der Waals surface area contributed by atoms with Gasteiger partial charge in [0.15, 0.2) is 0 Å². The second-order valence-corrected chi connectivity index (χ2v) is 9.40. The summed E-state index contributed by atoms with van der Waals surface area (Å²) >= 11 is 6.15. The van der Waals surface area contributed by atoms with Gasteiger partial charge in [-0.1, -0.05) is 60.5 Å². The average Bonchev–Trinajstić information content (AvgIpc) is 2.60. The van der Waals surface area contributed by atoms with Gasteiger partial charge in [-0.3, -0.25) is 4.79 Å². The largest absolute Gasteiger partial charge is 0.348 e. The Balaban J connectivity index is 2.15. The predicted molar refractivity (Wildman–Crippen MR) is 114 cm³/mol. The molecule has 2 aromatic carbocycles. The SMILES string of the molecule is CCC(NC(=O)CN(Cc1ccccc1Cl)S(C)(=O)=O)c1ccc(C)cc1C. The topological polar surface area (TPSA) is 66.5 Å². The third-order valence-electron chi connectivity index (χ3n) is 4.64. The molecule has 0 radical (unpaired) electrons. The molecule has 152 valence electrons. The van der Waals surface area contributed by atoms with E-state index in [2.05, 4.69) is 11.4 Å². The molecule has 0 aliphatic heterocycles. The number of nitrogens with one attached hydrogen (secondary N) is 1. The van der Waals surface area contributed by atoms with Gasteiger partial charge in [-0.25, -0.2) is 8.42 Å². The van der Waals surface area contributed by atoms with Crippen LogP contribution in [0.1, 0.15) is 41.6 Å². The molecule has 0 bridgehead atoms. The van der Waals surface area contributed by atoms with Gasteiger partial charge in [-0.05, 0) is 43.0 Å². The van der Waals surface area contributed by atoms with Gasteiger partial charge in [0.2, 0.25) is 15.9 Å². The lowest BCUT2D eigenvalue weighted by molar-refractivity contribution is -0.122. The number of hydrogen-bond acceptors (Lipinski definition) is 3. The minimum atomic E-state index is -3.58. The van der Waals surface area contributed by atoms with Crippen LogP contribution in [0.2, 0.25) is 5.02 Å². The molecule has 7 heteroatoms. The van der Waals surface area contributed by atoms with Crippen LogP contribution in [0.3, 0.4) is 0 Å². The van der Waals surface area contributed by atoms with E-state index in [9.17, 15) is 13.2 Å². The smallest absolute Gasteiger partial charge is 0.235 e. The second-order valence-electron chi connectivity index (χ2n) is 7.01. The molecule has 1 atom stereocenters. The number of carbonyl (C=O) groups excluding carboxylic acids is 1. The predicted octanol–water partition coefficient (Wildman–Crippen LogP) is 3.99. The van der Waals surface area contributed by atoms with E-state index >= 15 is 0 Å². The van der Waals surface area contributed by atoms with Crippen molar-refractivity contribution < 1.29 is 13.2 Å². The van der Waals surface area contributed by atoms with Crippen LogP contribution >= 0.6 is 11.6 Å². The molecular weight excluding hydrogens is 396 g/mol. The van der Waals surface area contributed by atoms with Crippen molar-refractivity contribution in [3.05, 3.63) is 69.7 Å². The number of sulfonamides is 1. The zero-order valence-corrected chi connectivity index (χ0v) is 18.3.